The third kappa shape index (κ3) is 6.62. The molecule has 0 bridgehead atoms. The molecule has 0 aromatic heterocycles. The standard InChI is InChI=1S/C14H29N3O/c1-6-7-8-9-10-17(14(15)18)16-13(11(2)3)12(4)5/h11-12H,6-10H2,1-5H3,(H2,15,18). The van der Waals surface area contributed by atoms with Crippen LogP contribution in [0.1, 0.15) is 60.3 Å². The van der Waals surface area contributed by atoms with Crippen LogP contribution in [0.3, 0.4) is 0 Å². The van der Waals surface area contributed by atoms with Crippen LogP contribution in [0.25, 0.3) is 0 Å². The Kier molecular flexibility index (Phi) is 8.42. The second-order valence-electron chi connectivity index (χ2n) is 5.36. The van der Waals surface area contributed by atoms with Crippen LogP contribution in [-0.4, -0.2) is 23.3 Å². The van der Waals surface area contributed by atoms with E-state index in [1.54, 1.807) is 0 Å². The maximum atomic E-state index is 11.4. The highest BCUT2D eigenvalue weighted by atomic mass is 16.2. The van der Waals surface area contributed by atoms with Crippen LogP contribution in [0.2, 0.25) is 0 Å². The second kappa shape index (κ2) is 8.95. The largest absolute Gasteiger partial charge is 0.350 e. The third-order valence-electron chi connectivity index (χ3n) is 2.90. The molecule has 2 N–H and O–H groups in total. The molecule has 0 spiro atoms. The quantitative estimate of drug-likeness (QED) is 0.402. The fourth-order valence-electron chi connectivity index (χ4n) is 1.93. The van der Waals surface area contributed by atoms with Crippen molar-refractivity contribution in [1.82, 2.24) is 5.01 Å². The molecule has 0 atom stereocenters. The zero-order valence-electron chi connectivity index (χ0n) is 12.6. The van der Waals surface area contributed by atoms with Crippen molar-refractivity contribution in [3.05, 3.63) is 0 Å². The summed E-state index contributed by atoms with van der Waals surface area (Å²) in [5, 5.41) is 5.87. The number of hydrogen-bond acceptors (Lipinski definition) is 2. The SMILES string of the molecule is CCCCCCN(N=C(C(C)C)C(C)C)C(N)=O. The summed E-state index contributed by atoms with van der Waals surface area (Å²) in [5.74, 6) is 0.671. The Balaban J connectivity index is 4.58. The molecule has 0 fully saturated rings. The molecule has 0 unspecified atom stereocenters. The first-order valence-electron chi connectivity index (χ1n) is 7.05. The second-order valence-corrected chi connectivity index (χ2v) is 5.36. The molecule has 0 heterocycles. The number of urea groups is 1. The average Bonchev–Trinajstić information content (AvgIpc) is 2.26. The fraction of sp³-hybridized carbons (Fsp3) is 0.857. The molecule has 0 aromatic rings. The number of hydrogen-bond donors (Lipinski definition) is 1. The van der Waals surface area contributed by atoms with Crippen LogP contribution in [0, 0.1) is 11.8 Å². The van der Waals surface area contributed by atoms with E-state index in [0.717, 1.165) is 18.6 Å². The summed E-state index contributed by atoms with van der Waals surface area (Å²) < 4.78 is 0. The Hall–Kier alpha value is -1.06. The van der Waals surface area contributed by atoms with E-state index in [2.05, 4.69) is 39.7 Å². The summed E-state index contributed by atoms with van der Waals surface area (Å²) in [7, 11) is 0. The van der Waals surface area contributed by atoms with Gasteiger partial charge in [-0.2, -0.15) is 5.10 Å². The van der Waals surface area contributed by atoms with Gasteiger partial charge in [0.05, 0.1) is 0 Å². The molecular formula is C14H29N3O. The molecule has 0 saturated heterocycles. The highest BCUT2D eigenvalue weighted by molar-refractivity contribution is 5.88. The van der Waals surface area contributed by atoms with Gasteiger partial charge in [0.1, 0.15) is 0 Å². The Labute approximate surface area is 112 Å². The first kappa shape index (κ1) is 16.9. The topological polar surface area (TPSA) is 58.7 Å². The zero-order valence-corrected chi connectivity index (χ0v) is 12.6. The predicted molar refractivity (Wildman–Crippen MR) is 77.5 cm³/mol. The van der Waals surface area contributed by atoms with E-state index < -0.39 is 6.03 Å². The summed E-state index contributed by atoms with van der Waals surface area (Å²) in [6, 6.07) is -0.453. The lowest BCUT2D eigenvalue weighted by atomic mass is 9.98. The van der Waals surface area contributed by atoms with Gasteiger partial charge in [-0.1, -0.05) is 53.9 Å². The number of nitrogens with two attached hydrogens (primary N) is 1. The van der Waals surface area contributed by atoms with Crippen molar-refractivity contribution in [3.8, 4) is 0 Å². The molecule has 0 radical (unpaired) electrons. The van der Waals surface area contributed by atoms with Gasteiger partial charge in [-0.15, -0.1) is 0 Å². The smallest absolute Gasteiger partial charge is 0.335 e. The summed E-state index contributed by atoms with van der Waals surface area (Å²) in [6.45, 7) is 11.2. The number of amides is 2. The number of primary amides is 1. The molecule has 0 aromatic carbocycles. The first-order chi connectivity index (χ1) is 8.40. The minimum absolute atomic E-state index is 0.336. The number of unbranched alkanes of at least 4 members (excludes halogenated alkanes) is 3. The van der Waals surface area contributed by atoms with Crippen LogP contribution in [0.15, 0.2) is 5.10 Å². The molecule has 0 aliphatic carbocycles. The Morgan fingerprint density at radius 2 is 1.67 bits per heavy atom. The van der Waals surface area contributed by atoms with E-state index in [0.29, 0.717) is 18.4 Å². The van der Waals surface area contributed by atoms with E-state index in [1.165, 1.54) is 17.9 Å². The molecule has 0 aliphatic heterocycles. The molecule has 18 heavy (non-hydrogen) atoms. The molecule has 4 nitrogen and oxygen atoms in total. The molecule has 0 aliphatic rings. The molecule has 2 amide bonds. The summed E-state index contributed by atoms with van der Waals surface area (Å²) >= 11 is 0. The molecule has 106 valence electrons. The van der Waals surface area contributed by atoms with Crippen molar-refractivity contribution in [3.63, 3.8) is 0 Å². The Bertz CT molecular complexity index is 262. The van der Waals surface area contributed by atoms with Crippen molar-refractivity contribution in [1.29, 1.82) is 0 Å². The Morgan fingerprint density at radius 3 is 2.06 bits per heavy atom. The van der Waals surface area contributed by atoms with Gasteiger partial charge in [0, 0.05) is 12.3 Å². The van der Waals surface area contributed by atoms with Crippen LogP contribution < -0.4 is 5.73 Å². The Morgan fingerprint density at radius 1 is 1.11 bits per heavy atom. The molecular weight excluding hydrogens is 226 g/mol. The summed E-state index contributed by atoms with van der Waals surface area (Å²) in [5.41, 5.74) is 6.41. The highest BCUT2D eigenvalue weighted by Crippen LogP contribution is 2.10. The van der Waals surface area contributed by atoms with Gasteiger partial charge in [-0.05, 0) is 18.3 Å². The van der Waals surface area contributed by atoms with Crippen molar-refractivity contribution in [2.75, 3.05) is 6.54 Å². The molecule has 0 saturated carbocycles. The lowest BCUT2D eigenvalue weighted by molar-refractivity contribution is 0.208. The number of hydrazone groups is 1. The van der Waals surface area contributed by atoms with Crippen LogP contribution in [-0.2, 0) is 0 Å². The third-order valence-corrected chi connectivity index (χ3v) is 2.90. The predicted octanol–water partition coefficient (Wildman–Crippen LogP) is 3.62. The van der Waals surface area contributed by atoms with Crippen molar-refractivity contribution in [2.24, 2.45) is 22.7 Å². The van der Waals surface area contributed by atoms with Gasteiger partial charge >= 0.3 is 6.03 Å². The van der Waals surface area contributed by atoms with E-state index in [1.807, 2.05) is 0 Å². The molecule has 0 rings (SSSR count). The highest BCUT2D eigenvalue weighted by Gasteiger charge is 2.14. The normalized spacial score (nSPS) is 10.8. The van der Waals surface area contributed by atoms with Crippen LogP contribution in [0.4, 0.5) is 4.79 Å². The average molecular weight is 255 g/mol. The lowest BCUT2D eigenvalue weighted by Gasteiger charge is -2.20. The van der Waals surface area contributed by atoms with E-state index in [4.69, 9.17) is 5.73 Å². The van der Waals surface area contributed by atoms with Gasteiger partial charge in [0.15, 0.2) is 0 Å². The number of nitrogens with zero attached hydrogens (tertiary/aromatic N) is 2. The maximum absolute atomic E-state index is 11.4. The lowest BCUT2D eigenvalue weighted by Crippen LogP contribution is -2.34. The van der Waals surface area contributed by atoms with Crippen molar-refractivity contribution < 1.29 is 4.79 Å². The first-order valence-corrected chi connectivity index (χ1v) is 7.05. The minimum atomic E-state index is -0.453. The minimum Gasteiger partial charge on any atom is -0.350 e. The monoisotopic (exact) mass is 255 g/mol. The van der Waals surface area contributed by atoms with Crippen molar-refractivity contribution in [2.45, 2.75) is 60.3 Å². The zero-order chi connectivity index (χ0) is 14.1. The van der Waals surface area contributed by atoms with Gasteiger partial charge in [0.25, 0.3) is 0 Å². The number of carbonyl (C=O) groups excluding carboxylic acids is 1. The molecule has 4 heteroatoms. The van der Waals surface area contributed by atoms with Crippen LogP contribution >= 0.6 is 0 Å². The van der Waals surface area contributed by atoms with Gasteiger partial charge in [0.2, 0.25) is 0 Å². The van der Waals surface area contributed by atoms with E-state index in [-0.39, 0.29) is 0 Å². The van der Waals surface area contributed by atoms with Gasteiger partial charge < -0.3 is 5.73 Å². The van der Waals surface area contributed by atoms with E-state index >= 15 is 0 Å². The van der Waals surface area contributed by atoms with Gasteiger partial charge in [-0.3, -0.25) is 0 Å². The van der Waals surface area contributed by atoms with E-state index in [9.17, 15) is 4.79 Å². The number of carbonyl (C=O) groups is 1. The summed E-state index contributed by atoms with van der Waals surface area (Å²) in [6.07, 6.45) is 4.46. The summed E-state index contributed by atoms with van der Waals surface area (Å²) in [4.78, 5) is 11.4. The fourth-order valence-corrected chi connectivity index (χ4v) is 1.93. The van der Waals surface area contributed by atoms with Crippen LogP contribution in [0.5, 0.6) is 0 Å². The van der Waals surface area contributed by atoms with Crippen molar-refractivity contribution >= 4 is 11.7 Å². The maximum Gasteiger partial charge on any atom is 0.335 e. The number of rotatable bonds is 8. The van der Waals surface area contributed by atoms with Gasteiger partial charge in [-0.25, -0.2) is 9.80 Å².